The van der Waals surface area contributed by atoms with Crippen LogP contribution >= 0.6 is 0 Å². The van der Waals surface area contributed by atoms with E-state index in [0.717, 1.165) is 5.82 Å². The third-order valence-corrected chi connectivity index (χ3v) is 2.80. The van der Waals surface area contributed by atoms with E-state index < -0.39 is 0 Å². The summed E-state index contributed by atoms with van der Waals surface area (Å²) in [6.45, 7) is 2.05. The largest absolute Gasteiger partial charge is 0.368 e. The summed E-state index contributed by atoms with van der Waals surface area (Å²) < 4.78 is 0. The second-order valence-electron chi connectivity index (χ2n) is 4.05. The van der Waals surface area contributed by atoms with Crippen molar-refractivity contribution in [1.82, 2.24) is 9.88 Å². The summed E-state index contributed by atoms with van der Waals surface area (Å²) in [5, 5.41) is 3.17. The molecule has 4 heteroatoms. The highest BCUT2D eigenvalue weighted by molar-refractivity contribution is 5.79. The van der Waals surface area contributed by atoms with Crippen molar-refractivity contribution in [1.29, 1.82) is 0 Å². The van der Waals surface area contributed by atoms with Crippen LogP contribution in [0, 0.1) is 18.3 Å². The van der Waals surface area contributed by atoms with Gasteiger partial charge in [-0.05, 0) is 12.1 Å². The molecule has 4 nitrogen and oxygen atoms in total. The summed E-state index contributed by atoms with van der Waals surface area (Å²) in [5.74, 6) is 3.69. The molecule has 1 N–H and O–H groups in total. The van der Waals surface area contributed by atoms with Gasteiger partial charge in [0.15, 0.2) is 0 Å². The summed E-state index contributed by atoms with van der Waals surface area (Å²) >= 11 is 0. The molecule has 0 spiro atoms. The Morgan fingerprint density at radius 1 is 1.59 bits per heavy atom. The third kappa shape index (κ3) is 2.97. The number of hydrogen-bond donors (Lipinski definition) is 1. The number of hydrogen-bond acceptors (Lipinski definition) is 3. The molecular formula is C13H15N3O. The molecule has 0 aliphatic carbocycles. The van der Waals surface area contributed by atoms with Crippen LogP contribution in [0.5, 0.6) is 0 Å². The SMILES string of the molecule is C#CC1CC(=O)N(CCNc2ccccn2)C1. The lowest BCUT2D eigenvalue weighted by Crippen LogP contribution is -2.30. The highest BCUT2D eigenvalue weighted by Crippen LogP contribution is 2.16. The minimum absolute atomic E-state index is 0.0809. The second kappa shape index (κ2) is 5.35. The highest BCUT2D eigenvalue weighted by Gasteiger charge is 2.27. The first-order valence-corrected chi connectivity index (χ1v) is 5.68. The van der Waals surface area contributed by atoms with E-state index in [9.17, 15) is 4.79 Å². The number of pyridine rings is 1. The van der Waals surface area contributed by atoms with Crippen molar-refractivity contribution in [3.8, 4) is 12.3 Å². The van der Waals surface area contributed by atoms with Gasteiger partial charge in [0.2, 0.25) is 5.91 Å². The van der Waals surface area contributed by atoms with Gasteiger partial charge in [0.1, 0.15) is 5.82 Å². The van der Waals surface area contributed by atoms with Gasteiger partial charge in [0.05, 0.1) is 0 Å². The van der Waals surface area contributed by atoms with Crippen LogP contribution in [0.4, 0.5) is 5.82 Å². The Balaban J connectivity index is 1.76. The zero-order chi connectivity index (χ0) is 12.1. The van der Waals surface area contributed by atoms with E-state index in [1.54, 1.807) is 11.1 Å². The van der Waals surface area contributed by atoms with E-state index in [-0.39, 0.29) is 11.8 Å². The lowest BCUT2D eigenvalue weighted by molar-refractivity contribution is -0.127. The Morgan fingerprint density at radius 2 is 2.47 bits per heavy atom. The fourth-order valence-corrected chi connectivity index (χ4v) is 1.89. The molecule has 17 heavy (non-hydrogen) atoms. The van der Waals surface area contributed by atoms with Gasteiger partial charge in [-0.2, -0.15) is 0 Å². The van der Waals surface area contributed by atoms with E-state index in [1.165, 1.54) is 0 Å². The van der Waals surface area contributed by atoms with Gasteiger partial charge >= 0.3 is 0 Å². The van der Waals surface area contributed by atoms with Gasteiger partial charge in [-0.15, -0.1) is 12.3 Å². The van der Waals surface area contributed by atoms with Gasteiger partial charge < -0.3 is 10.2 Å². The number of rotatable bonds is 4. The Bertz CT molecular complexity index is 424. The molecule has 2 heterocycles. The minimum Gasteiger partial charge on any atom is -0.368 e. The van der Waals surface area contributed by atoms with Crippen LogP contribution < -0.4 is 5.32 Å². The highest BCUT2D eigenvalue weighted by atomic mass is 16.2. The predicted octanol–water partition coefficient (Wildman–Crippen LogP) is 0.975. The Morgan fingerprint density at radius 3 is 3.12 bits per heavy atom. The second-order valence-corrected chi connectivity index (χ2v) is 4.05. The monoisotopic (exact) mass is 229 g/mol. The average Bonchev–Trinajstić information content (AvgIpc) is 2.72. The number of nitrogens with one attached hydrogen (secondary N) is 1. The molecule has 1 unspecified atom stereocenters. The van der Waals surface area contributed by atoms with E-state index in [4.69, 9.17) is 6.42 Å². The lowest BCUT2D eigenvalue weighted by Gasteiger charge is -2.16. The zero-order valence-electron chi connectivity index (χ0n) is 9.60. The summed E-state index contributed by atoms with van der Waals surface area (Å²) in [5.41, 5.74) is 0. The van der Waals surface area contributed by atoms with Gasteiger partial charge in [0.25, 0.3) is 0 Å². The maximum absolute atomic E-state index is 11.6. The summed E-state index contributed by atoms with van der Waals surface area (Å²) in [4.78, 5) is 17.5. The molecule has 0 saturated carbocycles. The molecule has 1 fully saturated rings. The van der Waals surface area contributed by atoms with E-state index in [1.807, 2.05) is 18.2 Å². The molecular weight excluding hydrogens is 214 g/mol. The smallest absolute Gasteiger partial charge is 0.223 e. The van der Waals surface area contributed by atoms with Crippen LogP contribution in [-0.4, -0.2) is 35.4 Å². The molecule has 1 aromatic heterocycles. The normalized spacial score (nSPS) is 19.1. The maximum Gasteiger partial charge on any atom is 0.223 e. The van der Waals surface area contributed by atoms with Crippen LogP contribution in [0.25, 0.3) is 0 Å². The Hall–Kier alpha value is -2.02. The number of nitrogens with zero attached hydrogens (tertiary/aromatic N) is 2. The predicted molar refractivity (Wildman–Crippen MR) is 66.2 cm³/mol. The van der Waals surface area contributed by atoms with Crippen molar-refractivity contribution in [2.75, 3.05) is 25.0 Å². The number of anilines is 1. The molecule has 1 aromatic rings. The standard InChI is InChI=1S/C13H15N3O/c1-2-11-9-13(17)16(10-11)8-7-15-12-5-3-4-6-14-12/h1,3-6,11H,7-10H2,(H,14,15). The molecule has 0 radical (unpaired) electrons. The number of likely N-dealkylation sites (tertiary alicyclic amines) is 1. The number of carbonyl (C=O) groups is 1. The van der Waals surface area contributed by atoms with Gasteiger partial charge in [-0.25, -0.2) is 4.98 Å². The third-order valence-electron chi connectivity index (χ3n) is 2.80. The summed E-state index contributed by atoms with van der Waals surface area (Å²) in [7, 11) is 0. The zero-order valence-corrected chi connectivity index (χ0v) is 9.60. The molecule has 1 saturated heterocycles. The van der Waals surface area contributed by atoms with Gasteiger partial charge in [-0.1, -0.05) is 6.07 Å². The van der Waals surface area contributed by atoms with Crippen molar-refractivity contribution in [2.45, 2.75) is 6.42 Å². The van der Waals surface area contributed by atoms with Crippen LogP contribution in [0.15, 0.2) is 24.4 Å². The lowest BCUT2D eigenvalue weighted by atomic mass is 10.1. The van der Waals surface area contributed by atoms with Crippen LogP contribution in [0.3, 0.4) is 0 Å². The number of amides is 1. The van der Waals surface area contributed by atoms with Crippen LogP contribution in [0.1, 0.15) is 6.42 Å². The minimum atomic E-state index is 0.0809. The first kappa shape index (κ1) is 11.5. The quantitative estimate of drug-likeness (QED) is 0.783. The number of carbonyl (C=O) groups excluding carboxylic acids is 1. The molecule has 0 aromatic carbocycles. The number of terminal acetylenes is 1. The topological polar surface area (TPSA) is 45.2 Å². The molecule has 88 valence electrons. The summed E-state index contributed by atoms with van der Waals surface area (Å²) in [6, 6.07) is 5.69. The van der Waals surface area contributed by atoms with Crippen molar-refractivity contribution in [3.05, 3.63) is 24.4 Å². The number of aromatic nitrogens is 1. The van der Waals surface area contributed by atoms with Crippen molar-refractivity contribution >= 4 is 11.7 Å². The fourth-order valence-electron chi connectivity index (χ4n) is 1.89. The van der Waals surface area contributed by atoms with E-state index >= 15 is 0 Å². The fraction of sp³-hybridized carbons (Fsp3) is 0.385. The molecule has 1 aliphatic heterocycles. The molecule has 1 aliphatic rings. The van der Waals surface area contributed by atoms with E-state index in [0.29, 0.717) is 26.1 Å². The Labute approximate surface area is 101 Å². The van der Waals surface area contributed by atoms with Crippen molar-refractivity contribution in [3.63, 3.8) is 0 Å². The van der Waals surface area contributed by atoms with Gasteiger partial charge in [0, 0.05) is 38.2 Å². The average molecular weight is 229 g/mol. The summed E-state index contributed by atoms with van der Waals surface area (Å²) in [6.07, 6.45) is 7.54. The van der Waals surface area contributed by atoms with Crippen LogP contribution in [-0.2, 0) is 4.79 Å². The van der Waals surface area contributed by atoms with Crippen LogP contribution in [0.2, 0.25) is 0 Å². The van der Waals surface area contributed by atoms with Crippen molar-refractivity contribution < 1.29 is 4.79 Å². The first-order chi connectivity index (χ1) is 8.29. The Kier molecular flexibility index (Phi) is 3.61. The molecule has 2 rings (SSSR count). The maximum atomic E-state index is 11.6. The molecule has 1 atom stereocenters. The van der Waals surface area contributed by atoms with Gasteiger partial charge in [-0.3, -0.25) is 4.79 Å². The van der Waals surface area contributed by atoms with Crippen molar-refractivity contribution in [2.24, 2.45) is 5.92 Å². The molecule has 0 bridgehead atoms. The van der Waals surface area contributed by atoms with E-state index in [2.05, 4.69) is 16.2 Å². The molecule has 1 amide bonds. The first-order valence-electron chi connectivity index (χ1n) is 5.68.